The molecule has 0 bridgehead atoms. The van der Waals surface area contributed by atoms with E-state index in [0.29, 0.717) is 0 Å². The Balaban J connectivity index is 1.37. The van der Waals surface area contributed by atoms with Crippen molar-refractivity contribution in [1.82, 2.24) is 9.80 Å². The minimum absolute atomic E-state index is 0.902. The van der Waals surface area contributed by atoms with Crippen molar-refractivity contribution in [3.8, 4) is 5.75 Å². The number of benzene rings is 1. The van der Waals surface area contributed by atoms with Gasteiger partial charge in [-0.25, -0.2) is 0 Å². The topological polar surface area (TPSA) is 24.9 Å². The molecule has 1 aromatic carbocycles. The van der Waals surface area contributed by atoms with E-state index in [-0.39, 0.29) is 0 Å². The van der Waals surface area contributed by atoms with E-state index in [0.717, 1.165) is 44.5 Å². The largest absolute Gasteiger partial charge is 0.497 e. The molecule has 0 atom stereocenters. The standard InChI is InChI=1S/C19H30N2O2/c1-22-19-4-2-3-18(15-19)16-21-9-6-17(7-10-21)5-8-20-11-13-23-14-12-20/h2-4,15,17H,5-14,16H2,1H3. The molecule has 3 rings (SSSR count). The predicted octanol–water partition coefficient (Wildman–Crippen LogP) is 2.63. The molecule has 0 saturated carbocycles. The number of nitrogens with zero attached hydrogens (tertiary/aromatic N) is 2. The Hall–Kier alpha value is -1.10. The van der Waals surface area contributed by atoms with Gasteiger partial charge in [-0.2, -0.15) is 0 Å². The average molecular weight is 318 g/mol. The molecule has 2 saturated heterocycles. The minimum atomic E-state index is 0.902. The van der Waals surface area contributed by atoms with Crippen LogP contribution >= 0.6 is 0 Å². The smallest absolute Gasteiger partial charge is 0.119 e. The van der Waals surface area contributed by atoms with Crippen molar-refractivity contribution in [3.05, 3.63) is 29.8 Å². The Labute approximate surface area is 140 Å². The zero-order chi connectivity index (χ0) is 15.9. The van der Waals surface area contributed by atoms with E-state index in [1.165, 1.54) is 44.5 Å². The molecular formula is C19H30N2O2. The number of piperidine rings is 1. The maximum absolute atomic E-state index is 5.42. The number of hydrogen-bond donors (Lipinski definition) is 0. The lowest BCUT2D eigenvalue weighted by atomic mass is 9.93. The van der Waals surface area contributed by atoms with Gasteiger partial charge in [-0.05, 0) is 62.5 Å². The summed E-state index contributed by atoms with van der Waals surface area (Å²) < 4.78 is 10.7. The molecule has 0 aliphatic carbocycles. The maximum atomic E-state index is 5.42. The highest BCUT2D eigenvalue weighted by atomic mass is 16.5. The van der Waals surface area contributed by atoms with Crippen LogP contribution in [0.5, 0.6) is 5.75 Å². The van der Waals surface area contributed by atoms with Crippen LogP contribution in [0.3, 0.4) is 0 Å². The van der Waals surface area contributed by atoms with Gasteiger partial charge >= 0.3 is 0 Å². The number of ether oxygens (including phenoxy) is 2. The van der Waals surface area contributed by atoms with Gasteiger partial charge in [0.25, 0.3) is 0 Å². The van der Waals surface area contributed by atoms with E-state index in [9.17, 15) is 0 Å². The van der Waals surface area contributed by atoms with Crippen LogP contribution in [0.25, 0.3) is 0 Å². The Morgan fingerprint density at radius 1 is 1.09 bits per heavy atom. The molecule has 2 heterocycles. The fraction of sp³-hybridized carbons (Fsp3) is 0.684. The molecule has 0 aromatic heterocycles. The molecule has 4 nitrogen and oxygen atoms in total. The van der Waals surface area contributed by atoms with Crippen molar-refractivity contribution in [2.24, 2.45) is 5.92 Å². The summed E-state index contributed by atoms with van der Waals surface area (Å²) in [5.41, 5.74) is 1.36. The minimum Gasteiger partial charge on any atom is -0.497 e. The molecule has 0 radical (unpaired) electrons. The van der Waals surface area contributed by atoms with Crippen molar-refractivity contribution in [3.63, 3.8) is 0 Å². The Morgan fingerprint density at radius 3 is 2.61 bits per heavy atom. The van der Waals surface area contributed by atoms with E-state index >= 15 is 0 Å². The molecule has 2 aliphatic rings. The van der Waals surface area contributed by atoms with Crippen LogP contribution in [0.4, 0.5) is 0 Å². The van der Waals surface area contributed by atoms with E-state index < -0.39 is 0 Å². The third-order valence-electron chi connectivity index (χ3n) is 5.20. The SMILES string of the molecule is COc1cccc(CN2CCC(CCN3CCOCC3)CC2)c1. The number of likely N-dealkylation sites (tertiary alicyclic amines) is 1. The fourth-order valence-corrected chi connectivity index (χ4v) is 3.65. The summed E-state index contributed by atoms with van der Waals surface area (Å²) in [4.78, 5) is 5.14. The normalized spacial score (nSPS) is 21.4. The van der Waals surface area contributed by atoms with Gasteiger partial charge in [-0.15, -0.1) is 0 Å². The van der Waals surface area contributed by atoms with Crippen molar-refractivity contribution >= 4 is 0 Å². The highest BCUT2D eigenvalue weighted by molar-refractivity contribution is 5.28. The van der Waals surface area contributed by atoms with Gasteiger partial charge in [0.15, 0.2) is 0 Å². The number of methoxy groups -OCH3 is 1. The highest BCUT2D eigenvalue weighted by Crippen LogP contribution is 2.23. The molecule has 4 heteroatoms. The lowest BCUT2D eigenvalue weighted by Crippen LogP contribution is -2.39. The monoisotopic (exact) mass is 318 g/mol. The van der Waals surface area contributed by atoms with Crippen LogP contribution in [0, 0.1) is 5.92 Å². The first-order valence-electron chi connectivity index (χ1n) is 8.99. The van der Waals surface area contributed by atoms with Gasteiger partial charge in [0.2, 0.25) is 0 Å². The van der Waals surface area contributed by atoms with Crippen molar-refractivity contribution in [2.45, 2.75) is 25.8 Å². The molecular weight excluding hydrogens is 288 g/mol. The Bertz CT molecular complexity index is 466. The summed E-state index contributed by atoms with van der Waals surface area (Å²) in [5.74, 6) is 1.86. The molecule has 1 aromatic rings. The van der Waals surface area contributed by atoms with Crippen LogP contribution in [-0.2, 0) is 11.3 Å². The lowest BCUT2D eigenvalue weighted by molar-refractivity contribution is 0.0334. The first kappa shape index (κ1) is 16.7. The summed E-state index contributed by atoms with van der Waals surface area (Å²) in [6.45, 7) is 8.83. The third-order valence-corrected chi connectivity index (χ3v) is 5.20. The molecule has 128 valence electrons. The second-order valence-corrected chi connectivity index (χ2v) is 6.81. The lowest BCUT2D eigenvalue weighted by Gasteiger charge is -2.34. The van der Waals surface area contributed by atoms with Gasteiger partial charge in [0.05, 0.1) is 20.3 Å². The van der Waals surface area contributed by atoms with E-state index in [1.807, 2.05) is 6.07 Å². The maximum Gasteiger partial charge on any atom is 0.119 e. The number of hydrogen-bond acceptors (Lipinski definition) is 4. The number of morpholine rings is 1. The molecule has 0 amide bonds. The third kappa shape index (κ3) is 5.20. The second kappa shape index (κ2) is 8.67. The molecule has 2 fully saturated rings. The van der Waals surface area contributed by atoms with E-state index in [1.54, 1.807) is 7.11 Å². The molecule has 0 unspecified atom stereocenters. The second-order valence-electron chi connectivity index (χ2n) is 6.81. The van der Waals surface area contributed by atoms with Crippen molar-refractivity contribution < 1.29 is 9.47 Å². The van der Waals surface area contributed by atoms with Crippen LogP contribution in [0.2, 0.25) is 0 Å². The average Bonchev–Trinajstić information content (AvgIpc) is 2.62. The molecule has 0 N–H and O–H groups in total. The highest BCUT2D eigenvalue weighted by Gasteiger charge is 2.20. The van der Waals surface area contributed by atoms with Gasteiger partial charge in [-0.1, -0.05) is 12.1 Å². The van der Waals surface area contributed by atoms with E-state index in [4.69, 9.17) is 9.47 Å². The Kier molecular flexibility index (Phi) is 6.31. The summed E-state index contributed by atoms with van der Waals surface area (Å²) in [7, 11) is 1.74. The van der Waals surface area contributed by atoms with Gasteiger partial charge in [0.1, 0.15) is 5.75 Å². The summed E-state index contributed by atoms with van der Waals surface area (Å²) in [5, 5.41) is 0. The first-order chi connectivity index (χ1) is 11.3. The first-order valence-corrected chi connectivity index (χ1v) is 8.99. The summed E-state index contributed by atoms with van der Waals surface area (Å²) in [6.07, 6.45) is 4.04. The van der Waals surface area contributed by atoms with Gasteiger partial charge < -0.3 is 9.47 Å². The zero-order valence-corrected chi connectivity index (χ0v) is 14.4. The van der Waals surface area contributed by atoms with Gasteiger partial charge in [0, 0.05) is 19.6 Å². The molecule has 23 heavy (non-hydrogen) atoms. The van der Waals surface area contributed by atoms with E-state index in [2.05, 4.69) is 28.0 Å². The van der Waals surface area contributed by atoms with Crippen LogP contribution < -0.4 is 4.74 Å². The quantitative estimate of drug-likeness (QED) is 0.805. The van der Waals surface area contributed by atoms with Crippen LogP contribution in [0.1, 0.15) is 24.8 Å². The Morgan fingerprint density at radius 2 is 1.87 bits per heavy atom. The summed E-state index contributed by atoms with van der Waals surface area (Å²) >= 11 is 0. The fourth-order valence-electron chi connectivity index (χ4n) is 3.65. The van der Waals surface area contributed by atoms with Crippen molar-refractivity contribution in [1.29, 1.82) is 0 Å². The van der Waals surface area contributed by atoms with Gasteiger partial charge in [-0.3, -0.25) is 9.80 Å². The molecule has 0 spiro atoms. The predicted molar refractivity (Wildman–Crippen MR) is 92.9 cm³/mol. The number of rotatable bonds is 6. The van der Waals surface area contributed by atoms with Crippen LogP contribution in [0.15, 0.2) is 24.3 Å². The van der Waals surface area contributed by atoms with Crippen molar-refractivity contribution in [2.75, 3.05) is 53.0 Å². The zero-order valence-electron chi connectivity index (χ0n) is 14.4. The molecule has 2 aliphatic heterocycles. The summed E-state index contributed by atoms with van der Waals surface area (Å²) in [6, 6.07) is 8.46. The van der Waals surface area contributed by atoms with Crippen LogP contribution in [-0.4, -0.2) is 62.8 Å².